The topological polar surface area (TPSA) is 17.1 Å². The molecule has 1 aromatic rings. The molecule has 1 rings (SSSR count). The van der Waals surface area contributed by atoms with E-state index in [4.69, 9.17) is 11.6 Å². The van der Waals surface area contributed by atoms with Gasteiger partial charge in [-0.05, 0) is 41.1 Å². The van der Waals surface area contributed by atoms with Gasteiger partial charge in [0.2, 0.25) is 0 Å². The zero-order valence-corrected chi connectivity index (χ0v) is 10.8. The molecule has 1 unspecified atom stereocenters. The maximum absolute atomic E-state index is 11.5. The van der Waals surface area contributed by atoms with Crippen molar-refractivity contribution in [1.29, 1.82) is 0 Å². The second-order valence-corrected chi connectivity index (χ2v) is 5.24. The number of ketones is 1. The highest BCUT2D eigenvalue weighted by Gasteiger charge is 2.12. The Morgan fingerprint density at radius 1 is 1.54 bits per heavy atom. The van der Waals surface area contributed by atoms with Crippen molar-refractivity contribution in [2.45, 2.75) is 11.8 Å². The molecule has 0 N–H and O–H groups in total. The molecule has 0 aliphatic rings. The highest BCUT2D eigenvalue weighted by Crippen LogP contribution is 2.24. The van der Waals surface area contributed by atoms with Crippen molar-refractivity contribution in [3.8, 4) is 0 Å². The zero-order chi connectivity index (χ0) is 10.0. The molecule has 1 atom stereocenters. The van der Waals surface area contributed by atoms with Gasteiger partial charge in [0.05, 0.1) is 9.85 Å². The van der Waals surface area contributed by atoms with Gasteiger partial charge in [-0.3, -0.25) is 4.79 Å². The Labute approximate surface area is 98.7 Å². The van der Waals surface area contributed by atoms with Crippen LogP contribution in [0.25, 0.3) is 0 Å². The summed E-state index contributed by atoms with van der Waals surface area (Å²) in [5.74, 6) is 0.0531. The van der Waals surface area contributed by atoms with E-state index in [0.29, 0.717) is 10.6 Å². The van der Waals surface area contributed by atoms with E-state index in [-0.39, 0.29) is 10.6 Å². The van der Waals surface area contributed by atoms with E-state index in [1.54, 1.807) is 25.1 Å². The third-order valence-corrected chi connectivity index (χ3v) is 3.20. The Kier molecular flexibility index (Phi) is 3.95. The maximum atomic E-state index is 11.5. The Balaban J connectivity index is 3.04. The van der Waals surface area contributed by atoms with E-state index in [1.807, 2.05) is 0 Å². The molecule has 0 aliphatic carbocycles. The van der Waals surface area contributed by atoms with Crippen LogP contribution in [0.5, 0.6) is 0 Å². The largest absolute Gasteiger partial charge is 0.293 e. The van der Waals surface area contributed by atoms with Crippen LogP contribution < -0.4 is 0 Å². The van der Waals surface area contributed by atoms with E-state index in [1.165, 1.54) is 0 Å². The molecule has 0 amide bonds. The first-order valence-corrected chi connectivity index (χ1v) is 5.74. The van der Waals surface area contributed by atoms with E-state index >= 15 is 0 Å². The fourth-order valence-electron chi connectivity index (χ4n) is 0.879. The molecule has 0 spiro atoms. The third kappa shape index (κ3) is 2.79. The Hall–Kier alpha value is 0.140. The van der Waals surface area contributed by atoms with E-state index in [2.05, 4.69) is 31.9 Å². The van der Waals surface area contributed by atoms with Crippen molar-refractivity contribution in [2.75, 3.05) is 0 Å². The highest BCUT2D eigenvalue weighted by molar-refractivity contribution is 9.10. The van der Waals surface area contributed by atoms with Crippen LogP contribution in [0, 0.1) is 0 Å². The smallest absolute Gasteiger partial charge is 0.176 e. The summed E-state index contributed by atoms with van der Waals surface area (Å²) in [6.45, 7) is 1.80. The molecule has 0 radical (unpaired) electrons. The van der Waals surface area contributed by atoms with Gasteiger partial charge in [-0.15, -0.1) is 0 Å². The first-order valence-electron chi connectivity index (χ1n) is 3.65. The van der Waals surface area contributed by atoms with Gasteiger partial charge < -0.3 is 0 Å². The second-order valence-electron chi connectivity index (χ2n) is 2.61. The predicted molar refractivity (Wildman–Crippen MR) is 61.9 cm³/mol. The number of Topliss-reactive ketones (excluding diaryl/α,β-unsaturated/α-hetero) is 1. The summed E-state index contributed by atoms with van der Waals surface area (Å²) in [5.41, 5.74) is 0.653. The van der Waals surface area contributed by atoms with Crippen molar-refractivity contribution >= 4 is 49.2 Å². The van der Waals surface area contributed by atoms with Gasteiger partial charge in [0.25, 0.3) is 0 Å². The van der Waals surface area contributed by atoms with Crippen molar-refractivity contribution in [2.24, 2.45) is 0 Å². The van der Waals surface area contributed by atoms with Gasteiger partial charge in [0.1, 0.15) is 0 Å². The molecule has 1 nitrogen and oxygen atoms in total. The minimum Gasteiger partial charge on any atom is -0.293 e. The molecule has 1 aromatic carbocycles. The molecule has 0 aromatic heterocycles. The van der Waals surface area contributed by atoms with E-state index in [9.17, 15) is 4.79 Å². The molecule has 0 aliphatic heterocycles. The molecular formula is C9H7Br2ClO. The van der Waals surface area contributed by atoms with E-state index in [0.717, 1.165) is 4.47 Å². The van der Waals surface area contributed by atoms with Crippen molar-refractivity contribution < 1.29 is 4.79 Å². The lowest BCUT2D eigenvalue weighted by molar-refractivity contribution is 0.0996. The van der Waals surface area contributed by atoms with Gasteiger partial charge in [-0.1, -0.05) is 27.5 Å². The first-order chi connectivity index (χ1) is 6.02. The Morgan fingerprint density at radius 3 is 2.62 bits per heavy atom. The lowest BCUT2D eigenvalue weighted by Crippen LogP contribution is -2.09. The molecule has 13 heavy (non-hydrogen) atoms. The van der Waals surface area contributed by atoms with Crippen LogP contribution in [0.3, 0.4) is 0 Å². The van der Waals surface area contributed by atoms with Gasteiger partial charge in [0, 0.05) is 10.0 Å². The van der Waals surface area contributed by atoms with Crippen molar-refractivity contribution in [3.05, 3.63) is 33.3 Å². The number of carbonyl (C=O) groups excluding carboxylic acids is 1. The number of hydrogen-bond acceptors (Lipinski definition) is 1. The summed E-state index contributed by atoms with van der Waals surface area (Å²) in [7, 11) is 0. The molecule has 0 saturated carbocycles. The summed E-state index contributed by atoms with van der Waals surface area (Å²) in [4.78, 5) is 11.3. The number of rotatable bonds is 2. The Bertz CT molecular complexity index is 336. The van der Waals surface area contributed by atoms with Crippen molar-refractivity contribution in [1.82, 2.24) is 0 Å². The van der Waals surface area contributed by atoms with Crippen LogP contribution in [0.1, 0.15) is 17.3 Å². The van der Waals surface area contributed by atoms with Crippen LogP contribution in [0.2, 0.25) is 5.02 Å². The lowest BCUT2D eigenvalue weighted by atomic mass is 10.1. The van der Waals surface area contributed by atoms with Crippen LogP contribution in [-0.4, -0.2) is 10.6 Å². The SMILES string of the molecule is CC(Br)C(=O)c1ccc(Cl)c(Br)c1. The molecular weight excluding hydrogens is 319 g/mol. The summed E-state index contributed by atoms with van der Waals surface area (Å²) in [6, 6.07) is 5.14. The van der Waals surface area contributed by atoms with Crippen LogP contribution in [-0.2, 0) is 0 Å². The average molecular weight is 326 g/mol. The monoisotopic (exact) mass is 324 g/mol. The highest BCUT2D eigenvalue weighted by atomic mass is 79.9. The fraction of sp³-hybridized carbons (Fsp3) is 0.222. The Morgan fingerprint density at radius 2 is 2.15 bits per heavy atom. The molecule has 0 bridgehead atoms. The molecule has 4 heteroatoms. The fourth-order valence-corrected chi connectivity index (χ4v) is 1.64. The number of alkyl halides is 1. The van der Waals surface area contributed by atoms with Gasteiger partial charge in [-0.25, -0.2) is 0 Å². The normalized spacial score (nSPS) is 12.6. The molecule has 70 valence electrons. The summed E-state index contributed by atoms with van der Waals surface area (Å²) in [5, 5.41) is 0.610. The number of hydrogen-bond donors (Lipinski definition) is 0. The average Bonchev–Trinajstić information content (AvgIpc) is 2.08. The predicted octanol–water partition coefficient (Wildman–Crippen LogP) is 4.07. The van der Waals surface area contributed by atoms with Crippen LogP contribution in [0.4, 0.5) is 0 Å². The standard InChI is InChI=1S/C9H7Br2ClO/c1-5(10)9(13)6-2-3-8(12)7(11)4-6/h2-5H,1H3. The number of carbonyl (C=O) groups is 1. The first kappa shape index (κ1) is 11.2. The van der Waals surface area contributed by atoms with Gasteiger partial charge in [0.15, 0.2) is 5.78 Å². The zero-order valence-electron chi connectivity index (χ0n) is 6.85. The van der Waals surface area contributed by atoms with Gasteiger partial charge >= 0.3 is 0 Å². The van der Waals surface area contributed by atoms with Crippen LogP contribution >= 0.6 is 43.5 Å². The summed E-state index contributed by atoms with van der Waals surface area (Å²) in [6.07, 6.45) is 0. The minimum absolute atomic E-state index is 0.0531. The summed E-state index contributed by atoms with van der Waals surface area (Å²) >= 11 is 12.3. The van der Waals surface area contributed by atoms with Gasteiger partial charge in [-0.2, -0.15) is 0 Å². The second kappa shape index (κ2) is 4.58. The number of benzene rings is 1. The molecule has 0 saturated heterocycles. The third-order valence-electron chi connectivity index (χ3n) is 1.57. The summed E-state index contributed by atoms with van der Waals surface area (Å²) < 4.78 is 0.744. The minimum atomic E-state index is -0.166. The lowest BCUT2D eigenvalue weighted by Gasteiger charge is -2.03. The quantitative estimate of drug-likeness (QED) is 0.591. The van der Waals surface area contributed by atoms with Crippen LogP contribution in [0.15, 0.2) is 22.7 Å². The molecule has 0 heterocycles. The maximum Gasteiger partial charge on any atom is 0.176 e. The van der Waals surface area contributed by atoms with Crippen molar-refractivity contribution in [3.63, 3.8) is 0 Å². The number of halogens is 3. The van der Waals surface area contributed by atoms with E-state index < -0.39 is 0 Å². The molecule has 0 fully saturated rings.